The van der Waals surface area contributed by atoms with E-state index in [1.807, 2.05) is 32.3 Å². The second-order valence-corrected chi connectivity index (χ2v) is 8.56. The molecule has 27 heavy (non-hydrogen) atoms. The monoisotopic (exact) mass is 390 g/mol. The molecule has 2 aromatic rings. The Kier molecular flexibility index (Phi) is 5.01. The first-order valence-electron chi connectivity index (χ1n) is 8.62. The standard InChI is InChI=1S/C17H22N6O3S/c1-10(2)15-20-21-16(11(3)4)23(15)12-5-7-13(8-6-12)27(25,26)22-17-18-9-14(24)19-17/h5-8,10-11H,9H2,1-4H3,(H2,18,19,22,24). The third-order valence-electron chi connectivity index (χ3n) is 4.02. The maximum Gasteiger partial charge on any atom is 0.264 e. The van der Waals surface area contributed by atoms with Crippen LogP contribution in [0.2, 0.25) is 0 Å². The highest BCUT2D eigenvalue weighted by molar-refractivity contribution is 7.90. The second-order valence-electron chi connectivity index (χ2n) is 6.87. The van der Waals surface area contributed by atoms with Crippen molar-refractivity contribution in [2.75, 3.05) is 6.54 Å². The van der Waals surface area contributed by atoms with Gasteiger partial charge in [-0.25, -0.2) is 18.1 Å². The van der Waals surface area contributed by atoms with Crippen molar-refractivity contribution in [1.82, 2.24) is 24.8 Å². The molecular formula is C17H22N6O3S. The number of hydrogen-bond donors (Lipinski definition) is 2. The molecule has 0 fully saturated rings. The lowest BCUT2D eigenvalue weighted by Gasteiger charge is -2.15. The van der Waals surface area contributed by atoms with Crippen LogP contribution in [0.3, 0.4) is 0 Å². The second kappa shape index (κ2) is 7.10. The van der Waals surface area contributed by atoms with E-state index in [9.17, 15) is 13.2 Å². The van der Waals surface area contributed by atoms with Gasteiger partial charge in [0.1, 0.15) is 18.2 Å². The topological polar surface area (TPSA) is 118 Å². The number of aliphatic imine (C=N–C) groups is 1. The number of sulfonamides is 1. The van der Waals surface area contributed by atoms with Crippen LogP contribution in [0.15, 0.2) is 34.2 Å². The van der Waals surface area contributed by atoms with E-state index in [0.29, 0.717) is 0 Å². The fourth-order valence-electron chi connectivity index (χ4n) is 2.70. The number of hydrogen-bond acceptors (Lipinski definition) is 6. The van der Waals surface area contributed by atoms with Crippen molar-refractivity contribution in [3.05, 3.63) is 35.9 Å². The summed E-state index contributed by atoms with van der Waals surface area (Å²) >= 11 is 0. The number of carbonyl (C=O) groups excluding carboxylic acids is 1. The Morgan fingerprint density at radius 2 is 1.59 bits per heavy atom. The Morgan fingerprint density at radius 1 is 1.04 bits per heavy atom. The summed E-state index contributed by atoms with van der Waals surface area (Å²) in [6.07, 6.45) is 0. The normalized spacial score (nSPS) is 14.6. The first kappa shape index (κ1) is 19.0. The summed E-state index contributed by atoms with van der Waals surface area (Å²) in [5, 5.41) is 10.9. The van der Waals surface area contributed by atoms with E-state index in [-0.39, 0.29) is 35.1 Å². The molecule has 2 heterocycles. The van der Waals surface area contributed by atoms with Crippen LogP contribution in [0.1, 0.15) is 51.2 Å². The number of nitrogens with zero attached hydrogens (tertiary/aromatic N) is 4. The van der Waals surface area contributed by atoms with Crippen LogP contribution in [-0.2, 0) is 14.8 Å². The summed E-state index contributed by atoms with van der Waals surface area (Å²) in [6, 6.07) is 6.43. The summed E-state index contributed by atoms with van der Waals surface area (Å²) in [4.78, 5) is 15.0. The molecule has 0 radical (unpaired) electrons. The molecule has 1 aliphatic heterocycles. The highest BCUT2D eigenvalue weighted by Crippen LogP contribution is 2.24. The quantitative estimate of drug-likeness (QED) is 0.797. The molecule has 0 saturated carbocycles. The third kappa shape index (κ3) is 3.85. The molecule has 1 aliphatic rings. The molecule has 0 spiro atoms. The minimum Gasteiger partial charge on any atom is -0.294 e. The lowest BCUT2D eigenvalue weighted by Crippen LogP contribution is -2.39. The Balaban J connectivity index is 1.92. The van der Waals surface area contributed by atoms with Crippen molar-refractivity contribution in [2.24, 2.45) is 4.99 Å². The molecule has 0 unspecified atom stereocenters. The predicted molar refractivity (Wildman–Crippen MR) is 100 cm³/mol. The van der Waals surface area contributed by atoms with E-state index in [0.717, 1.165) is 17.3 Å². The van der Waals surface area contributed by atoms with Crippen LogP contribution in [0.25, 0.3) is 5.69 Å². The minimum atomic E-state index is -3.84. The number of rotatable bonds is 5. The van der Waals surface area contributed by atoms with E-state index < -0.39 is 10.0 Å². The summed E-state index contributed by atoms with van der Waals surface area (Å²) in [5.74, 6) is 1.55. The third-order valence-corrected chi connectivity index (χ3v) is 5.38. The Morgan fingerprint density at radius 3 is 2.04 bits per heavy atom. The molecule has 1 aromatic heterocycles. The summed E-state index contributed by atoms with van der Waals surface area (Å²) in [5.41, 5.74) is 0.790. The molecule has 0 atom stereocenters. The van der Waals surface area contributed by atoms with Crippen molar-refractivity contribution in [1.29, 1.82) is 0 Å². The van der Waals surface area contributed by atoms with Crippen molar-refractivity contribution < 1.29 is 13.2 Å². The number of aromatic nitrogens is 3. The van der Waals surface area contributed by atoms with Gasteiger partial charge in [0, 0.05) is 17.5 Å². The number of amides is 1. The predicted octanol–water partition coefficient (Wildman–Crippen LogP) is 1.28. The van der Waals surface area contributed by atoms with Crippen molar-refractivity contribution in [2.45, 2.75) is 44.4 Å². The van der Waals surface area contributed by atoms with Crippen LogP contribution in [0, 0.1) is 0 Å². The van der Waals surface area contributed by atoms with Gasteiger partial charge in [0.15, 0.2) is 0 Å². The SMILES string of the molecule is CC(C)c1nnc(C(C)C)n1-c1ccc(S(=O)(=O)NC2=NCC(=O)N2)cc1. The molecule has 1 amide bonds. The number of carbonyl (C=O) groups is 1. The van der Waals surface area contributed by atoms with Gasteiger partial charge in [-0.2, -0.15) is 0 Å². The molecule has 0 bridgehead atoms. The van der Waals surface area contributed by atoms with Crippen LogP contribution in [0.5, 0.6) is 0 Å². The van der Waals surface area contributed by atoms with Gasteiger partial charge in [-0.15, -0.1) is 10.2 Å². The largest absolute Gasteiger partial charge is 0.294 e. The molecule has 9 nitrogen and oxygen atoms in total. The van der Waals surface area contributed by atoms with Crippen molar-refractivity contribution in [3.63, 3.8) is 0 Å². The summed E-state index contributed by atoms with van der Waals surface area (Å²) in [7, 11) is -3.84. The lowest BCUT2D eigenvalue weighted by atomic mass is 10.1. The van der Waals surface area contributed by atoms with Crippen LogP contribution in [-0.4, -0.2) is 41.6 Å². The summed E-state index contributed by atoms with van der Waals surface area (Å²) in [6.45, 7) is 8.04. The van der Waals surface area contributed by atoms with Crippen LogP contribution >= 0.6 is 0 Å². The highest BCUT2D eigenvalue weighted by Gasteiger charge is 2.22. The molecule has 10 heteroatoms. The molecule has 2 N–H and O–H groups in total. The lowest BCUT2D eigenvalue weighted by molar-refractivity contribution is -0.117. The van der Waals surface area contributed by atoms with E-state index in [4.69, 9.17) is 0 Å². The number of benzene rings is 1. The average molecular weight is 390 g/mol. The van der Waals surface area contributed by atoms with Crippen molar-refractivity contribution >= 4 is 21.9 Å². The van der Waals surface area contributed by atoms with Gasteiger partial charge in [0.05, 0.1) is 4.90 Å². The maximum absolute atomic E-state index is 12.5. The van der Waals surface area contributed by atoms with Crippen LogP contribution in [0.4, 0.5) is 0 Å². The molecule has 0 saturated heterocycles. The Hall–Kier alpha value is -2.75. The van der Waals surface area contributed by atoms with Crippen molar-refractivity contribution in [3.8, 4) is 5.69 Å². The molecule has 0 aliphatic carbocycles. The van der Waals surface area contributed by atoms with E-state index >= 15 is 0 Å². The fraction of sp³-hybridized carbons (Fsp3) is 0.412. The first-order valence-corrected chi connectivity index (χ1v) is 10.1. The molecule has 3 rings (SSSR count). The van der Waals surface area contributed by atoms with Gasteiger partial charge in [0.25, 0.3) is 10.0 Å². The minimum absolute atomic E-state index is 0.0629. The Labute approximate surface area is 158 Å². The zero-order valence-corrected chi connectivity index (χ0v) is 16.4. The highest BCUT2D eigenvalue weighted by atomic mass is 32.2. The van der Waals surface area contributed by atoms with E-state index in [2.05, 4.69) is 25.2 Å². The summed E-state index contributed by atoms with van der Waals surface area (Å²) < 4.78 is 29.2. The Bertz CT molecular complexity index is 965. The van der Waals surface area contributed by atoms with Crippen LogP contribution < -0.4 is 10.0 Å². The van der Waals surface area contributed by atoms with Gasteiger partial charge >= 0.3 is 0 Å². The smallest absolute Gasteiger partial charge is 0.264 e. The van der Waals surface area contributed by atoms with Gasteiger partial charge in [-0.3, -0.25) is 14.7 Å². The van der Waals surface area contributed by atoms with E-state index in [1.165, 1.54) is 12.1 Å². The average Bonchev–Trinajstić information content (AvgIpc) is 3.21. The molecule has 144 valence electrons. The number of guanidine groups is 1. The van der Waals surface area contributed by atoms with E-state index in [1.54, 1.807) is 12.1 Å². The van der Waals surface area contributed by atoms with Gasteiger partial charge in [-0.1, -0.05) is 27.7 Å². The van der Waals surface area contributed by atoms with Gasteiger partial charge < -0.3 is 0 Å². The zero-order chi connectivity index (χ0) is 19.8. The molecular weight excluding hydrogens is 368 g/mol. The fourth-order valence-corrected chi connectivity index (χ4v) is 3.68. The van der Waals surface area contributed by atoms with Gasteiger partial charge in [-0.05, 0) is 24.3 Å². The maximum atomic E-state index is 12.5. The van der Waals surface area contributed by atoms with Gasteiger partial charge in [0.2, 0.25) is 11.9 Å². The zero-order valence-electron chi connectivity index (χ0n) is 15.6. The number of nitrogens with one attached hydrogen (secondary N) is 2. The first-order chi connectivity index (χ1) is 12.7. The molecule has 1 aromatic carbocycles.